The number of anilines is 3. The van der Waals surface area contributed by atoms with Crippen molar-refractivity contribution in [2.45, 2.75) is 90.9 Å². The second-order valence-electron chi connectivity index (χ2n) is 10.8. The van der Waals surface area contributed by atoms with Gasteiger partial charge in [-0.3, -0.25) is 0 Å². The summed E-state index contributed by atoms with van der Waals surface area (Å²) < 4.78 is 0. The van der Waals surface area contributed by atoms with Gasteiger partial charge in [-0.25, -0.2) is 0 Å². The van der Waals surface area contributed by atoms with E-state index in [1.165, 1.54) is 60.8 Å². The van der Waals surface area contributed by atoms with Crippen molar-refractivity contribution in [1.82, 2.24) is 0 Å². The topological polar surface area (TPSA) is 78.1 Å². The molecule has 0 spiro atoms. The van der Waals surface area contributed by atoms with Crippen LogP contribution in [-0.2, 0) is 0 Å². The molecule has 0 heterocycles. The van der Waals surface area contributed by atoms with Crippen molar-refractivity contribution in [2.24, 2.45) is 11.8 Å². The number of hydrogen-bond acceptors (Lipinski definition) is 3. The number of benzene rings is 3. The highest BCUT2D eigenvalue weighted by atomic mass is 14.6. The van der Waals surface area contributed by atoms with Crippen molar-refractivity contribution in [3.63, 3.8) is 0 Å². The van der Waals surface area contributed by atoms with Gasteiger partial charge in [-0.05, 0) is 77.3 Å². The van der Waals surface area contributed by atoms with E-state index in [0.29, 0.717) is 17.8 Å². The lowest BCUT2D eigenvalue weighted by Crippen LogP contribution is -2.18. The molecule has 6 N–H and O–H groups in total. The van der Waals surface area contributed by atoms with Crippen LogP contribution in [0.25, 0.3) is 0 Å². The van der Waals surface area contributed by atoms with E-state index in [2.05, 4.69) is 70.2 Å². The predicted molar refractivity (Wildman–Crippen MR) is 163 cm³/mol. The van der Waals surface area contributed by atoms with Crippen LogP contribution in [0, 0.1) is 11.8 Å². The van der Waals surface area contributed by atoms with Gasteiger partial charge in [0, 0.05) is 28.9 Å². The number of unbranched alkanes of at least 4 members (excludes halogenated alkanes) is 2. The Hall–Kier alpha value is -2.94. The lowest BCUT2D eigenvalue weighted by molar-refractivity contribution is 0.400. The Morgan fingerprint density at radius 2 is 0.973 bits per heavy atom. The van der Waals surface area contributed by atoms with Crippen molar-refractivity contribution in [3.05, 3.63) is 89.0 Å². The van der Waals surface area contributed by atoms with Gasteiger partial charge in [0.15, 0.2) is 0 Å². The highest BCUT2D eigenvalue weighted by Gasteiger charge is 2.29. The maximum atomic E-state index is 6.79. The summed E-state index contributed by atoms with van der Waals surface area (Å²) in [5.74, 6) is 1.66. The van der Waals surface area contributed by atoms with E-state index in [4.69, 9.17) is 17.2 Å². The van der Waals surface area contributed by atoms with Crippen molar-refractivity contribution >= 4 is 17.1 Å². The third-order valence-corrected chi connectivity index (χ3v) is 8.24. The molecular weight excluding hydrogens is 450 g/mol. The Kier molecular flexibility index (Phi) is 10.9. The van der Waals surface area contributed by atoms with Gasteiger partial charge in [0.2, 0.25) is 0 Å². The van der Waals surface area contributed by atoms with E-state index >= 15 is 0 Å². The molecule has 0 saturated heterocycles. The molecule has 0 amide bonds. The normalized spacial score (nSPS) is 14.7. The molecule has 0 bridgehead atoms. The maximum absolute atomic E-state index is 6.79. The molecule has 200 valence electrons. The smallest absolute Gasteiger partial charge is 0.0353 e. The number of nitrogens with two attached hydrogens (primary N) is 3. The molecule has 4 unspecified atom stereocenters. The lowest BCUT2D eigenvalue weighted by Gasteiger charge is -2.32. The quantitative estimate of drug-likeness (QED) is 0.193. The fourth-order valence-corrected chi connectivity index (χ4v) is 6.05. The largest absolute Gasteiger partial charge is 0.399 e. The molecule has 0 aliphatic carbocycles. The number of rotatable bonds is 14. The second kappa shape index (κ2) is 14.1. The van der Waals surface area contributed by atoms with Crippen LogP contribution in [0.3, 0.4) is 0 Å². The molecule has 0 radical (unpaired) electrons. The van der Waals surface area contributed by atoms with E-state index in [1.807, 2.05) is 24.3 Å². The molecule has 0 aliphatic rings. The molecule has 3 aromatic rings. The summed E-state index contributed by atoms with van der Waals surface area (Å²) in [5.41, 5.74) is 26.7. The second-order valence-corrected chi connectivity index (χ2v) is 10.8. The van der Waals surface area contributed by atoms with Gasteiger partial charge in [-0.15, -0.1) is 0 Å². The fourth-order valence-electron chi connectivity index (χ4n) is 6.05. The van der Waals surface area contributed by atoms with Crippen LogP contribution >= 0.6 is 0 Å². The Morgan fingerprint density at radius 1 is 0.541 bits per heavy atom. The lowest BCUT2D eigenvalue weighted by atomic mass is 9.73. The first kappa shape index (κ1) is 28.6. The van der Waals surface area contributed by atoms with Crippen molar-refractivity contribution in [1.29, 1.82) is 0 Å². The highest BCUT2D eigenvalue weighted by Crippen LogP contribution is 2.43. The van der Waals surface area contributed by atoms with Gasteiger partial charge in [0.25, 0.3) is 0 Å². The van der Waals surface area contributed by atoms with Gasteiger partial charge >= 0.3 is 0 Å². The van der Waals surface area contributed by atoms with Crippen LogP contribution in [0.4, 0.5) is 17.1 Å². The summed E-state index contributed by atoms with van der Waals surface area (Å²) in [6.45, 7) is 9.21. The van der Waals surface area contributed by atoms with Crippen molar-refractivity contribution in [3.8, 4) is 0 Å². The Morgan fingerprint density at radius 3 is 1.43 bits per heavy atom. The molecule has 0 aliphatic heterocycles. The van der Waals surface area contributed by atoms with Gasteiger partial charge < -0.3 is 17.2 Å². The Balaban J connectivity index is 2.16. The molecular formula is C34H49N3. The highest BCUT2D eigenvalue weighted by molar-refractivity contribution is 5.56. The molecule has 3 nitrogen and oxygen atoms in total. The van der Waals surface area contributed by atoms with Crippen LogP contribution in [0.5, 0.6) is 0 Å². The van der Waals surface area contributed by atoms with E-state index < -0.39 is 0 Å². The van der Waals surface area contributed by atoms with Crippen LogP contribution in [0.2, 0.25) is 0 Å². The Bertz CT molecular complexity index is 1070. The number of hydrogen-bond donors (Lipinski definition) is 3. The summed E-state index contributed by atoms with van der Waals surface area (Å²) in [6.07, 6.45) is 9.57. The van der Waals surface area contributed by atoms with Gasteiger partial charge in [0.1, 0.15) is 0 Å². The summed E-state index contributed by atoms with van der Waals surface area (Å²) in [5, 5.41) is 0. The Labute approximate surface area is 225 Å². The standard InChI is InChI=1S/C34H49N3/c1-5-9-11-24(7-3)33(26-13-18-29(35)19-14-26)28-17-22-32(37)31(23-28)34(25(8-4)12-10-6-2)27-15-20-30(36)21-16-27/h13-25,33-34H,5-12,35-37H2,1-4H3. The third kappa shape index (κ3) is 7.31. The van der Waals surface area contributed by atoms with Gasteiger partial charge in [-0.1, -0.05) is 103 Å². The average Bonchev–Trinajstić information content (AvgIpc) is 2.91. The summed E-state index contributed by atoms with van der Waals surface area (Å²) >= 11 is 0. The summed E-state index contributed by atoms with van der Waals surface area (Å²) in [4.78, 5) is 0. The van der Waals surface area contributed by atoms with Crippen molar-refractivity contribution in [2.75, 3.05) is 17.2 Å². The average molecular weight is 500 g/mol. The fraction of sp³-hybridized carbons (Fsp3) is 0.471. The van der Waals surface area contributed by atoms with Crippen LogP contribution < -0.4 is 17.2 Å². The van der Waals surface area contributed by atoms with Crippen LogP contribution in [0.15, 0.2) is 66.7 Å². The summed E-state index contributed by atoms with van der Waals surface area (Å²) in [6, 6.07) is 23.8. The molecule has 4 atom stereocenters. The molecule has 37 heavy (non-hydrogen) atoms. The summed E-state index contributed by atoms with van der Waals surface area (Å²) in [7, 11) is 0. The van der Waals surface area contributed by atoms with E-state index in [1.54, 1.807) is 0 Å². The molecule has 0 aromatic heterocycles. The minimum Gasteiger partial charge on any atom is -0.399 e. The maximum Gasteiger partial charge on any atom is 0.0353 e. The van der Waals surface area contributed by atoms with Crippen molar-refractivity contribution < 1.29 is 0 Å². The first-order chi connectivity index (χ1) is 17.9. The van der Waals surface area contributed by atoms with Gasteiger partial charge in [0.05, 0.1) is 0 Å². The van der Waals surface area contributed by atoms with E-state index in [9.17, 15) is 0 Å². The zero-order valence-electron chi connectivity index (χ0n) is 23.5. The SMILES string of the molecule is CCCCC(CC)C(c1ccc(N)cc1)c1ccc(N)c(C(c2ccc(N)cc2)C(CC)CCCC)c1. The molecule has 3 heteroatoms. The molecule has 0 fully saturated rings. The van der Waals surface area contributed by atoms with Crippen LogP contribution in [0.1, 0.15) is 113 Å². The molecule has 3 rings (SSSR count). The van der Waals surface area contributed by atoms with E-state index in [0.717, 1.165) is 29.9 Å². The monoisotopic (exact) mass is 499 g/mol. The first-order valence-corrected chi connectivity index (χ1v) is 14.5. The zero-order valence-corrected chi connectivity index (χ0v) is 23.5. The minimum absolute atomic E-state index is 0.250. The van der Waals surface area contributed by atoms with Crippen LogP contribution in [-0.4, -0.2) is 0 Å². The number of nitrogen functional groups attached to an aromatic ring is 3. The molecule has 3 aromatic carbocycles. The molecule has 0 saturated carbocycles. The third-order valence-electron chi connectivity index (χ3n) is 8.24. The first-order valence-electron chi connectivity index (χ1n) is 14.5. The van der Waals surface area contributed by atoms with Gasteiger partial charge in [-0.2, -0.15) is 0 Å². The predicted octanol–water partition coefficient (Wildman–Crippen LogP) is 9.13. The van der Waals surface area contributed by atoms with E-state index in [-0.39, 0.29) is 5.92 Å². The zero-order chi connectivity index (χ0) is 26.8. The minimum atomic E-state index is 0.250.